The number of nitrogens with zero attached hydrogens (tertiary/aromatic N) is 2. The summed E-state index contributed by atoms with van der Waals surface area (Å²) in [6.45, 7) is 5.55. The first kappa shape index (κ1) is 17.4. The van der Waals surface area contributed by atoms with Crippen LogP contribution in [0.5, 0.6) is 0 Å². The van der Waals surface area contributed by atoms with E-state index in [0.29, 0.717) is 36.1 Å². The fourth-order valence-electron chi connectivity index (χ4n) is 2.07. The normalized spacial score (nSPS) is 12.1. The summed E-state index contributed by atoms with van der Waals surface area (Å²) in [6.07, 6.45) is 0.739. The summed E-state index contributed by atoms with van der Waals surface area (Å²) in [5.41, 5.74) is 0.827. The van der Waals surface area contributed by atoms with Crippen molar-refractivity contribution in [2.45, 2.75) is 32.7 Å². The Morgan fingerprint density at radius 3 is 2.78 bits per heavy atom. The molecule has 1 atom stereocenters. The van der Waals surface area contributed by atoms with Crippen molar-refractivity contribution in [1.82, 2.24) is 20.8 Å². The van der Waals surface area contributed by atoms with Gasteiger partial charge in [-0.1, -0.05) is 23.7 Å². The van der Waals surface area contributed by atoms with Gasteiger partial charge in [0.1, 0.15) is 0 Å². The van der Waals surface area contributed by atoms with Crippen LogP contribution in [-0.2, 0) is 11.2 Å². The van der Waals surface area contributed by atoms with E-state index in [2.05, 4.69) is 20.8 Å². The predicted octanol–water partition coefficient (Wildman–Crippen LogP) is 2.44. The zero-order valence-corrected chi connectivity index (χ0v) is 14.1. The maximum absolute atomic E-state index is 11.8. The van der Waals surface area contributed by atoms with E-state index in [0.717, 1.165) is 12.1 Å². The fourth-order valence-corrected chi connectivity index (χ4v) is 2.20. The van der Waals surface area contributed by atoms with E-state index in [9.17, 15) is 4.79 Å². The quantitative estimate of drug-likeness (QED) is 0.774. The monoisotopic (exact) mass is 336 g/mol. The predicted molar refractivity (Wildman–Crippen MR) is 89.2 cm³/mol. The highest BCUT2D eigenvalue weighted by molar-refractivity contribution is 6.30. The van der Waals surface area contributed by atoms with Gasteiger partial charge in [0, 0.05) is 36.0 Å². The number of likely N-dealkylation sites (N-methyl/N-ethyl adjacent to an activating group) is 1. The van der Waals surface area contributed by atoms with E-state index in [1.165, 1.54) is 0 Å². The Kier molecular flexibility index (Phi) is 6.55. The van der Waals surface area contributed by atoms with Crippen molar-refractivity contribution in [1.29, 1.82) is 0 Å². The first-order chi connectivity index (χ1) is 11.1. The van der Waals surface area contributed by atoms with Crippen LogP contribution in [0.2, 0.25) is 5.02 Å². The Morgan fingerprint density at radius 1 is 1.35 bits per heavy atom. The van der Waals surface area contributed by atoms with Crippen LogP contribution in [0.3, 0.4) is 0 Å². The fraction of sp³-hybridized carbons (Fsp3) is 0.438. The topological polar surface area (TPSA) is 80.0 Å². The van der Waals surface area contributed by atoms with E-state index in [1.54, 1.807) is 12.1 Å². The molecule has 0 fully saturated rings. The van der Waals surface area contributed by atoms with Crippen molar-refractivity contribution < 1.29 is 9.32 Å². The molecule has 23 heavy (non-hydrogen) atoms. The Bertz CT molecular complexity index is 627. The lowest BCUT2D eigenvalue weighted by atomic mass is 10.2. The lowest BCUT2D eigenvalue weighted by Gasteiger charge is -2.12. The van der Waals surface area contributed by atoms with Gasteiger partial charge in [0.05, 0.1) is 0 Å². The molecule has 2 rings (SSSR count). The molecule has 0 aliphatic heterocycles. The van der Waals surface area contributed by atoms with Gasteiger partial charge in [-0.05, 0) is 37.7 Å². The number of nitrogens with one attached hydrogen (secondary N) is 2. The molecule has 0 unspecified atom stereocenters. The molecule has 1 heterocycles. The maximum Gasteiger partial charge on any atom is 0.227 e. The molecule has 0 saturated heterocycles. The average Bonchev–Trinajstić information content (AvgIpc) is 3.01. The number of amides is 1. The summed E-state index contributed by atoms with van der Waals surface area (Å²) in [6, 6.07) is 7.44. The molecule has 0 radical (unpaired) electrons. The molecule has 2 aromatic rings. The second-order valence-electron chi connectivity index (χ2n) is 5.28. The maximum atomic E-state index is 11.8. The van der Waals surface area contributed by atoms with Crippen molar-refractivity contribution in [2.24, 2.45) is 0 Å². The van der Waals surface area contributed by atoms with Gasteiger partial charge in [-0.25, -0.2) is 0 Å². The highest BCUT2D eigenvalue weighted by Gasteiger charge is 2.11. The number of benzene rings is 1. The third-order valence-electron chi connectivity index (χ3n) is 3.29. The molecule has 0 aliphatic rings. The van der Waals surface area contributed by atoms with Gasteiger partial charge in [-0.3, -0.25) is 4.79 Å². The first-order valence-electron chi connectivity index (χ1n) is 7.67. The van der Waals surface area contributed by atoms with Crippen molar-refractivity contribution >= 4 is 17.5 Å². The number of halogens is 1. The molecular formula is C16H21ClN4O2. The van der Waals surface area contributed by atoms with Crippen molar-refractivity contribution in [3.05, 3.63) is 35.2 Å². The van der Waals surface area contributed by atoms with Crippen LogP contribution in [0, 0.1) is 0 Å². The van der Waals surface area contributed by atoms with Gasteiger partial charge >= 0.3 is 0 Å². The second kappa shape index (κ2) is 8.64. The Hall–Kier alpha value is -1.92. The van der Waals surface area contributed by atoms with Crippen LogP contribution < -0.4 is 10.6 Å². The SMILES string of the molecule is CCN[C@H](C)CNC(=O)CCc1nc(-c2ccc(Cl)cc2)no1. The van der Waals surface area contributed by atoms with Crippen LogP contribution in [-0.4, -0.2) is 35.2 Å². The smallest absolute Gasteiger partial charge is 0.227 e. The molecule has 0 spiro atoms. The minimum absolute atomic E-state index is 0.0269. The van der Waals surface area contributed by atoms with Crippen LogP contribution in [0.4, 0.5) is 0 Å². The Balaban J connectivity index is 1.80. The number of aromatic nitrogens is 2. The highest BCUT2D eigenvalue weighted by atomic mass is 35.5. The number of hydrogen-bond acceptors (Lipinski definition) is 5. The molecule has 0 aliphatic carbocycles. The van der Waals surface area contributed by atoms with Crippen molar-refractivity contribution in [3.8, 4) is 11.4 Å². The van der Waals surface area contributed by atoms with Crippen LogP contribution >= 0.6 is 11.6 Å². The summed E-state index contributed by atoms with van der Waals surface area (Å²) in [5, 5.41) is 10.7. The minimum atomic E-state index is -0.0269. The zero-order valence-electron chi connectivity index (χ0n) is 13.3. The molecule has 1 aromatic heterocycles. The number of hydrogen-bond donors (Lipinski definition) is 2. The first-order valence-corrected chi connectivity index (χ1v) is 8.05. The van der Waals surface area contributed by atoms with Crippen molar-refractivity contribution in [2.75, 3.05) is 13.1 Å². The molecule has 0 bridgehead atoms. The summed E-state index contributed by atoms with van der Waals surface area (Å²) in [5.74, 6) is 0.920. The lowest BCUT2D eigenvalue weighted by molar-refractivity contribution is -0.121. The Labute approximate surface area is 140 Å². The van der Waals surface area contributed by atoms with Gasteiger partial charge in [-0.15, -0.1) is 0 Å². The summed E-state index contributed by atoms with van der Waals surface area (Å²) in [4.78, 5) is 16.1. The number of carbonyl (C=O) groups excluding carboxylic acids is 1. The van der Waals surface area contributed by atoms with E-state index < -0.39 is 0 Å². The minimum Gasteiger partial charge on any atom is -0.355 e. The number of aryl methyl sites for hydroxylation is 1. The van der Waals surface area contributed by atoms with E-state index in [4.69, 9.17) is 16.1 Å². The second-order valence-corrected chi connectivity index (χ2v) is 5.72. The highest BCUT2D eigenvalue weighted by Crippen LogP contribution is 2.18. The van der Waals surface area contributed by atoms with Crippen LogP contribution in [0.25, 0.3) is 11.4 Å². The van der Waals surface area contributed by atoms with Gasteiger partial charge in [0.2, 0.25) is 17.6 Å². The molecular weight excluding hydrogens is 316 g/mol. The summed E-state index contributed by atoms with van der Waals surface area (Å²) < 4.78 is 5.18. The third-order valence-corrected chi connectivity index (χ3v) is 3.55. The molecule has 2 N–H and O–H groups in total. The van der Waals surface area contributed by atoms with E-state index in [-0.39, 0.29) is 11.9 Å². The Morgan fingerprint density at radius 2 is 2.09 bits per heavy atom. The lowest BCUT2D eigenvalue weighted by Crippen LogP contribution is -2.38. The zero-order chi connectivity index (χ0) is 16.7. The van der Waals surface area contributed by atoms with Crippen LogP contribution in [0.15, 0.2) is 28.8 Å². The van der Waals surface area contributed by atoms with Gasteiger partial charge in [0.15, 0.2) is 0 Å². The standard InChI is InChI=1S/C16H21ClN4O2/c1-3-18-11(2)10-19-14(22)8-9-15-20-16(21-23-15)12-4-6-13(17)7-5-12/h4-7,11,18H,3,8-10H2,1-2H3,(H,19,22)/t11-/m1/s1. The third kappa shape index (κ3) is 5.65. The van der Waals surface area contributed by atoms with Crippen LogP contribution in [0.1, 0.15) is 26.2 Å². The summed E-state index contributed by atoms with van der Waals surface area (Å²) >= 11 is 5.85. The van der Waals surface area contributed by atoms with E-state index >= 15 is 0 Å². The largest absolute Gasteiger partial charge is 0.355 e. The summed E-state index contributed by atoms with van der Waals surface area (Å²) in [7, 11) is 0. The molecule has 1 amide bonds. The molecule has 1 aromatic carbocycles. The van der Waals surface area contributed by atoms with E-state index in [1.807, 2.05) is 26.0 Å². The van der Waals surface area contributed by atoms with Gasteiger partial charge < -0.3 is 15.2 Å². The van der Waals surface area contributed by atoms with Crippen molar-refractivity contribution in [3.63, 3.8) is 0 Å². The molecule has 124 valence electrons. The molecule has 0 saturated carbocycles. The number of carbonyl (C=O) groups is 1. The van der Waals surface area contributed by atoms with Gasteiger partial charge in [0.25, 0.3) is 0 Å². The molecule has 7 heteroatoms. The average molecular weight is 337 g/mol. The molecule has 6 nitrogen and oxygen atoms in total. The number of rotatable bonds is 8. The van der Waals surface area contributed by atoms with Gasteiger partial charge in [-0.2, -0.15) is 4.98 Å².